The summed E-state index contributed by atoms with van der Waals surface area (Å²) in [5.41, 5.74) is 1.96. The maximum absolute atomic E-state index is 15.0. The molecule has 1 aliphatic heterocycles. The second-order valence-electron chi connectivity index (χ2n) is 20.4. The average molecular weight is 878 g/mol. The molecule has 3 N–H and O–H groups in total. The Kier molecular flexibility index (Phi) is 17.1. The van der Waals surface area contributed by atoms with Gasteiger partial charge in [0.15, 0.2) is 0 Å². The van der Waals surface area contributed by atoms with Gasteiger partial charge in [-0.1, -0.05) is 59.8 Å². The predicted octanol–water partition coefficient (Wildman–Crippen LogP) is 10.7. The lowest BCUT2D eigenvalue weighted by atomic mass is 9.37. The third-order valence-electron chi connectivity index (χ3n) is 17.7. The number of likely N-dealkylation sites (tertiary alicyclic amines) is 1. The molecule has 14 atom stereocenters. The molecule has 6 saturated carbocycles. The fraction of sp³-hybridized carbons (Fsp3) is 0.731. The number of nitrogens with one attached hydrogen (secondary N) is 1. The van der Waals surface area contributed by atoms with Crippen LogP contribution in [-0.2, 0) is 23.9 Å². The predicted molar refractivity (Wildman–Crippen MR) is 246 cm³/mol. The van der Waals surface area contributed by atoms with E-state index < -0.39 is 5.97 Å². The number of amides is 1. The molecule has 2 heterocycles. The molecular weight excluding hydrogens is 798 g/mol. The number of carboxylic acids is 1. The van der Waals surface area contributed by atoms with E-state index in [1.165, 1.54) is 57.1 Å². The molecule has 14 unspecified atom stereocenters. The number of aliphatic carboxylic acids is 1. The summed E-state index contributed by atoms with van der Waals surface area (Å²) in [6.45, 7) is 18.4. The number of aliphatic hydroxyl groups excluding tert-OH is 1. The Hall–Kier alpha value is -3.41. The number of nitrogens with zero attached hydrogens (tertiary/aromatic N) is 2. The van der Waals surface area contributed by atoms with Crippen LogP contribution < -0.4 is 0 Å². The summed E-state index contributed by atoms with van der Waals surface area (Å²) in [5.74, 6) is 3.80. The Morgan fingerprint density at radius 2 is 1.65 bits per heavy atom. The Morgan fingerprint density at radius 3 is 2.30 bits per heavy atom. The van der Waals surface area contributed by atoms with E-state index in [9.17, 15) is 14.3 Å². The highest BCUT2D eigenvalue weighted by Gasteiger charge is 2.66. The van der Waals surface area contributed by atoms with E-state index in [0.717, 1.165) is 62.2 Å². The normalized spacial score (nSPS) is 38.3. The van der Waals surface area contributed by atoms with Crippen LogP contribution in [0.1, 0.15) is 144 Å². The van der Waals surface area contributed by atoms with Crippen molar-refractivity contribution in [2.45, 2.75) is 150 Å². The number of carbonyl (C=O) groups is 3. The van der Waals surface area contributed by atoms with Crippen LogP contribution in [0.2, 0.25) is 0 Å². The lowest BCUT2D eigenvalue weighted by Gasteiger charge is -2.68. The van der Waals surface area contributed by atoms with Crippen LogP contribution >= 0.6 is 0 Å². The topological polar surface area (TPSA) is 142 Å². The SMILES string of the molecule is C.C=CC.C=O.CC1C(OC2CCC3(C)C(CCC4(C)C5CCC6(C(=O)N7CCCC7c7ncc(-c8cccc(F)c8)[nH]7)CCCC6C5CCC34)C2C)CC1C(=O)O.COCCO. The number of aromatic amines is 1. The Bertz CT molecular complexity index is 1840. The van der Waals surface area contributed by atoms with E-state index in [1.54, 1.807) is 25.4 Å². The number of H-pyrrole nitrogens is 1. The van der Waals surface area contributed by atoms with Gasteiger partial charge in [0.25, 0.3) is 0 Å². The van der Waals surface area contributed by atoms with Crippen LogP contribution in [0, 0.1) is 69.4 Å². The zero-order valence-corrected chi connectivity index (χ0v) is 38.5. The Labute approximate surface area is 377 Å². The molecule has 11 heteroatoms. The van der Waals surface area contributed by atoms with Crippen molar-refractivity contribution in [3.05, 3.63) is 54.8 Å². The number of methoxy groups -OCH3 is 1. The first-order valence-electron chi connectivity index (χ1n) is 23.7. The summed E-state index contributed by atoms with van der Waals surface area (Å²) in [4.78, 5) is 45.1. The van der Waals surface area contributed by atoms with Crippen molar-refractivity contribution in [3.8, 4) is 11.3 Å². The molecule has 1 saturated heterocycles. The van der Waals surface area contributed by atoms with Gasteiger partial charge >= 0.3 is 5.97 Å². The van der Waals surface area contributed by atoms with Crippen molar-refractivity contribution in [2.24, 2.45) is 63.6 Å². The summed E-state index contributed by atoms with van der Waals surface area (Å²) >= 11 is 0. The molecular formula is C52H80FN3O7. The molecule has 63 heavy (non-hydrogen) atoms. The molecule has 7 aliphatic rings. The number of hydrogen-bond donors (Lipinski definition) is 3. The van der Waals surface area contributed by atoms with Crippen LogP contribution in [0.5, 0.6) is 0 Å². The number of ether oxygens (including phenoxy) is 2. The van der Waals surface area contributed by atoms with E-state index >= 15 is 4.79 Å². The molecule has 0 bridgehead atoms. The number of imidazole rings is 1. The van der Waals surface area contributed by atoms with Gasteiger partial charge in [-0.15, -0.1) is 6.58 Å². The second-order valence-corrected chi connectivity index (χ2v) is 20.4. The Balaban J connectivity index is 0.000000622. The van der Waals surface area contributed by atoms with Crippen molar-refractivity contribution in [2.75, 3.05) is 26.9 Å². The zero-order valence-electron chi connectivity index (χ0n) is 38.5. The number of aromatic nitrogens is 2. The van der Waals surface area contributed by atoms with Crippen molar-refractivity contribution in [1.82, 2.24) is 14.9 Å². The van der Waals surface area contributed by atoms with Gasteiger partial charge in [0.05, 0.1) is 54.7 Å². The highest BCUT2D eigenvalue weighted by Crippen LogP contribution is 2.72. The molecule has 6 aliphatic carbocycles. The summed E-state index contributed by atoms with van der Waals surface area (Å²) < 4.78 is 25.2. The highest BCUT2D eigenvalue weighted by molar-refractivity contribution is 5.84. The van der Waals surface area contributed by atoms with E-state index in [0.29, 0.717) is 65.3 Å². The van der Waals surface area contributed by atoms with E-state index in [4.69, 9.17) is 19.6 Å². The third-order valence-corrected chi connectivity index (χ3v) is 17.7. The molecule has 1 aromatic carbocycles. The maximum atomic E-state index is 15.0. The smallest absolute Gasteiger partial charge is 0.306 e. The average Bonchev–Trinajstić information content (AvgIpc) is 4.05. The lowest BCUT2D eigenvalue weighted by Crippen LogP contribution is -2.62. The molecule has 0 spiro atoms. The molecule has 9 rings (SSSR count). The molecule has 10 nitrogen and oxygen atoms in total. The number of carbonyl (C=O) groups excluding carboxylic acids is 2. The zero-order chi connectivity index (χ0) is 45.0. The molecule has 1 amide bonds. The number of allylic oxidation sites excluding steroid dienone is 1. The summed E-state index contributed by atoms with van der Waals surface area (Å²) in [7, 11) is 1.55. The number of halogens is 1. The van der Waals surface area contributed by atoms with Crippen LogP contribution in [0.4, 0.5) is 4.39 Å². The molecule has 1 aromatic heterocycles. The second kappa shape index (κ2) is 21.3. The quantitative estimate of drug-likeness (QED) is 0.223. The minimum Gasteiger partial charge on any atom is -0.481 e. The number of benzene rings is 1. The maximum Gasteiger partial charge on any atom is 0.306 e. The van der Waals surface area contributed by atoms with Gasteiger partial charge in [-0.25, -0.2) is 9.37 Å². The minimum atomic E-state index is -0.674. The van der Waals surface area contributed by atoms with Gasteiger partial charge < -0.3 is 34.4 Å². The summed E-state index contributed by atoms with van der Waals surface area (Å²) in [6, 6.07) is 6.58. The van der Waals surface area contributed by atoms with Crippen molar-refractivity contribution < 1.29 is 38.5 Å². The van der Waals surface area contributed by atoms with Crippen LogP contribution in [0.3, 0.4) is 0 Å². The van der Waals surface area contributed by atoms with Crippen LogP contribution in [-0.4, -0.2) is 82.8 Å². The van der Waals surface area contributed by atoms with Gasteiger partial charge in [-0.3, -0.25) is 9.59 Å². The van der Waals surface area contributed by atoms with Crippen LogP contribution in [0.25, 0.3) is 11.3 Å². The van der Waals surface area contributed by atoms with Crippen molar-refractivity contribution in [1.29, 1.82) is 0 Å². The third kappa shape index (κ3) is 9.36. The molecule has 7 fully saturated rings. The molecule has 2 aromatic rings. The molecule has 352 valence electrons. The van der Waals surface area contributed by atoms with Crippen LogP contribution in [0.15, 0.2) is 43.1 Å². The molecule has 0 radical (unpaired) electrons. The Morgan fingerprint density at radius 1 is 0.952 bits per heavy atom. The van der Waals surface area contributed by atoms with Crippen molar-refractivity contribution >= 4 is 18.7 Å². The van der Waals surface area contributed by atoms with Gasteiger partial charge in [-0.2, -0.15) is 0 Å². The van der Waals surface area contributed by atoms with Gasteiger partial charge in [0.1, 0.15) is 18.4 Å². The van der Waals surface area contributed by atoms with Gasteiger partial charge in [0, 0.05) is 19.2 Å². The number of carboxylic acid groups (broad SMARTS) is 1. The number of fused-ring (bicyclic) bond motifs is 7. The first kappa shape index (κ1) is 50.6. The number of rotatable bonds is 8. The number of hydrogen-bond acceptors (Lipinski definition) is 7. The minimum absolute atomic E-state index is 0. The highest BCUT2D eigenvalue weighted by atomic mass is 19.1. The first-order chi connectivity index (χ1) is 29.8. The van der Waals surface area contributed by atoms with E-state index in [-0.39, 0.29) is 55.4 Å². The summed E-state index contributed by atoms with van der Waals surface area (Å²) in [5, 5.41) is 17.5. The van der Waals surface area contributed by atoms with Gasteiger partial charge in [-0.05, 0) is 155 Å². The number of aliphatic hydroxyl groups is 1. The summed E-state index contributed by atoms with van der Waals surface area (Å²) in [6.07, 6.45) is 19.4. The fourth-order valence-corrected chi connectivity index (χ4v) is 14.8. The van der Waals surface area contributed by atoms with Gasteiger partial charge in [0.2, 0.25) is 5.91 Å². The van der Waals surface area contributed by atoms with E-state index in [1.807, 2.05) is 19.8 Å². The fourth-order valence-electron chi connectivity index (χ4n) is 14.8. The lowest BCUT2D eigenvalue weighted by molar-refractivity contribution is -0.217. The first-order valence-corrected chi connectivity index (χ1v) is 23.7. The largest absolute Gasteiger partial charge is 0.481 e. The standard InChI is InChI=1S/C44H60FN3O4.C3H8O2.C3H6.CH2O.CH4/c1-25-30(40(49)50)23-37(25)52-36-16-19-42(3)31(26(36)2)14-18-43(4)32-15-20-44(17-6-10-33(44)29(32)12-13-38(42)43)41(51)48-21-7-11-35(48)39-46-24-34(47-39)27-8-5-9-28(45)22-27;1-5-3-2-4;1-3-2;1-2;/h5,8-9,22,24-26,29-33,35-38H,6-7,10-21,23H2,1-4H3,(H,46,47)(H,49,50);4H,2-3H2,1H3;3H,1H2,2H3;1H2;1H4. The van der Waals surface area contributed by atoms with Crippen molar-refractivity contribution in [3.63, 3.8) is 0 Å². The van der Waals surface area contributed by atoms with E-state index in [2.05, 4.69) is 48.9 Å². The monoisotopic (exact) mass is 878 g/mol.